The maximum atomic E-state index is 5.98. The van der Waals surface area contributed by atoms with E-state index in [0.717, 1.165) is 37.7 Å². The Morgan fingerprint density at radius 1 is 1.17 bits per heavy atom. The van der Waals surface area contributed by atoms with Gasteiger partial charge in [0.25, 0.3) is 0 Å². The zero-order chi connectivity index (χ0) is 17.1. The van der Waals surface area contributed by atoms with Crippen molar-refractivity contribution in [2.45, 2.75) is 13.0 Å². The summed E-state index contributed by atoms with van der Waals surface area (Å²) < 4.78 is 5.32. The van der Waals surface area contributed by atoms with Crippen molar-refractivity contribution in [2.24, 2.45) is 0 Å². The van der Waals surface area contributed by atoms with Crippen LogP contribution in [0.1, 0.15) is 18.5 Å². The van der Waals surface area contributed by atoms with E-state index in [0.29, 0.717) is 11.2 Å². The molecular weight excluding hydrogens is 326 g/mol. The van der Waals surface area contributed by atoms with Crippen LogP contribution in [0.5, 0.6) is 5.75 Å². The number of ether oxygens (including phenoxy) is 1. The number of aromatic nitrogens is 2. The summed E-state index contributed by atoms with van der Waals surface area (Å²) in [5, 5.41) is 0.379. The van der Waals surface area contributed by atoms with Gasteiger partial charge in [-0.2, -0.15) is 4.98 Å². The molecule has 1 unspecified atom stereocenters. The Bertz CT molecular complexity index is 683. The van der Waals surface area contributed by atoms with Gasteiger partial charge in [0.2, 0.25) is 5.95 Å². The number of piperazine rings is 1. The van der Waals surface area contributed by atoms with Crippen LogP contribution < -0.4 is 15.4 Å². The molecule has 0 spiro atoms. The Kier molecular flexibility index (Phi) is 5.06. The Balaban J connectivity index is 1.65. The van der Waals surface area contributed by atoms with Crippen LogP contribution >= 0.6 is 11.6 Å². The van der Waals surface area contributed by atoms with Gasteiger partial charge < -0.3 is 15.4 Å². The molecule has 1 saturated heterocycles. The van der Waals surface area contributed by atoms with Crippen molar-refractivity contribution in [3.8, 4) is 5.75 Å². The van der Waals surface area contributed by atoms with E-state index >= 15 is 0 Å². The second-order valence-corrected chi connectivity index (χ2v) is 6.27. The van der Waals surface area contributed by atoms with Crippen molar-refractivity contribution >= 4 is 23.4 Å². The van der Waals surface area contributed by atoms with Crippen LogP contribution in [-0.4, -0.2) is 48.2 Å². The maximum absolute atomic E-state index is 5.98. The first-order valence-electron chi connectivity index (χ1n) is 8.00. The smallest absolute Gasteiger partial charge is 0.223 e. The predicted molar refractivity (Wildman–Crippen MR) is 96.6 cm³/mol. The molecule has 0 radical (unpaired) electrons. The van der Waals surface area contributed by atoms with E-state index < -0.39 is 0 Å². The minimum Gasteiger partial charge on any atom is -0.497 e. The van der Waals surface area contributed by atoms with Crippen molar-refractivity contribution in [2.75, 3.05) is 43.9 Å². The van der Waals surface area contributed by atoms with Gasteiger partial charge in [0, 0.05) is 38.3 Å². The fourth-order valence-electron chi connectivity index (χ4n) is 3.04. The molecule has 1 fully saturated rings. The minimum atomic E-state index is 0.213. The van der Waals surface area contributed by atoms with Crippen molar-refractivity contribution in [3.63, 3.8) is 0 Å². The summed E-state index contributed by atoms with van der Waals surface area (Å²) in [6.45, 7) is 5.87. The van der Waals surface area contributed by atoms with Gasteiger partial charge in [0.1, 0.15) is 16.7 Å². The third-order valence-corrected chi connectivity index (χ3v) is 4.65. The lowest BCUT2D eigenvalue weighted by Crippen LogP contribution is -2.47. The van der Waals surface area contributed by atoms with Crippen molar-refractivity contribution in [3.05, 3.63) is 41.0 Å². The van der Waals surface area contributed by atoms with Crippen LogP contribution in [-0.2, 0) is 0 Å². The third-order valence-electron chi connectivity index (χ3n) is 4.46. The van der Waals surface area contributed by atoms with Gasteiger partial charge in [0.05, 0.1) is 7.11 Å². The topological polar surface area (TPSA) is 67.5 Å². The summed E-state index contributed by atoms with van der Waals surface area (Å²) in [5.41, 5.74) is 6.95. The number of hydrogen-bond donors (Lipinski definition) is 1. The summed E-state index contributed by atoms with van der Waals surface area (Å²) >= 11 is 5.98. The molecule has 1 aliphatic rings. The van der Waals surface area contributed by atoms with Gasteiger partial charge in [-0.05, 0) is 24.6 Å². The highest BCUT2D eigenvalue weighted by atomic mass is 35.5. The number of hydrogen-bond acceptors (Lipinski definition) is 6. The first-order valence-corrected chi connectivity index (χ1v) is 8.37. The fraction of sp³-hybridized carbons (Fsp3) is 0.412. The van der Waals surface area contributed by atoms with E-state index in [1.54, 1.807) is 13.2 Å². The lowest BCUT2D eigenvalue weighted by Gasteiger charge is -2.38. The molecule has 0 aliphatic carbocycles. The number of rotatable bonds is 4. The van der Waals surface area contributed by atoms with E-state index in [1.807, 2.05) is 12.1 Å². The van der Waals surface area contributed by atoms with Crippen LogP contribution in [0.2, 0.25) is 5.15 Å². The molecule has 3 rings (SSSR count). The zero-order valence-electron chi connectivity index (χ0n) is 13.9. The van der Waals surface area contributed by atoms with E-state index in [-0.39, 0.29) is 5.95 Å². The first kappa shape index (κ1) is 16.8. The summed E-state index contributed by atoms with van der Waals surface area (Å²) in [6, 6.07) is 10.3. The van der Waals surface area contributed by atoms with Crippen molar-refractivity contribution in [1.29, 1.82) is 0 Å². The average molecular weight is 348 g/mol. The maximum Gasteiger partial charge on any atom is 0.223 e. The number of nitrogen functional groups attached to an aromatic ring is 1. The normalized spacial score (nSPS) is 16.9. The number of benzene rings is 1. The number of halogens is 1. The second-order valence-electron chi connectivity index (χ2n) is 5.88. The molecule has 24 heavy (non-hydrogen) atoms. The van der Waals surface area contributed by atoms with Crippen LogP contribution in [0.4, 0.5) is 11.8 Å². The molecule has 1 aromatic carbocycles. The molecule has 2 heterocycles. The van der Waals surface area contributed by atoms with Gasteiger partial charge in [-0.25, -0.2) is 4.98 Å². The number of nitrogens with zero attached hydrogens (tertiary/aromatic N) is 4. The molecule has 7 heteroatoms. The number of anilines is 2. The third kappa shape index (κ3) is 3.71. The lowest BCUT2D eigenvalue weighted by atomic mass is 10.1. The van der Waals surface area contributed by atoms with Crippen molar-refractivity contribution in [1.82, 2.24) is 14.9 Å². The summed E-state index contributed by atoms with van der Waals surface area (Å²) in [7, 11) is 1.70. The molecule has 1 atom stereocenters. The molecule has 0 bridgehead atoms. The SMILES string of the molecule is COc1cccc(C(C)N2CCN(c3cc(Cl)nc(N)n3)CC2)c1. The number of methoxy groups -OCH3 is 1. The predicted octanol–water partition coefficient (Wildman–Crippen LogP) is 2.60. The van der Waals surface area contributed by atoms with Gasteiger partial charge in [-0.3, -0.25) is 4.90 Å². The number of nitrogens with two attached hydrogens (primary N) is 1. The molecule has 1 aliphatic heterocycles. The standard InChI is InChI=1S/C17H22ClN5O/c1-12(13-4-3-5-14(10-13)24-2)22-6-8-23(9-7-22)16-11-15(18)20-17(19)21-16/h3-5,10-12H,6-9H2,1-2H3,(H2,19,20,21). The van der Waals surface area contributed by atoms with Crippen LogP contribution in [0.15, 0.2) is 30.3 Å². The molecule has 6 nitrogen and oxygen atoms in total. The summed E-state index contributed by atoms with van der Waals surface area (Å²) in [4.78, 5) is 12.8. The summed E-state index contributed by atoms with van der Waals surface area (Å²) in [6.07, 6.45) is 0. The monoisotopic (exact) mass is 347 g/mol. The largest absolute Gasteiger partial charge is 0.497 e. The zero-order valence-corrected chi connectivity index (χ0v) is 14.7. The van der Waals surface area contributed by atoms with E-state index in [4.69, 9.17) is 22.1 Å². The van der Waals surface area contributed by atoms with Crippen molar-refractivity contribution < 1.29 is 4.74 Å². The molecule has 1 aromatic heterocycles. The molecule has 128 valence electrons. The Labute approximate surface area is 147 Å². The Morgan fingerprint density at radius 2 is 1.92 bits per heavy atom. The van der Waals surface area contributed by atoms with Crippen LogP contribution in [0.25, 0.3) is 0 Å². The highest BCUT2D eigenvalue weighted by Crippen LogP contribution is 2.26. The molecule has 0 saturated carbocycles. The highest BCUT2D eigenvalue weighted by Gasteiger charge is 2.23. The molecule has 2 N–H and O–H groups in total. The van der Waals surface area contributed by atoms with Crippen LogP contribution in [0, 0.1) is 0 Å². The second kappa shape index (κ2) is 7.23. The van der Waals surface area contributed by atoms with E-state index in [9.17, 15) is 0 Å². The van der Waals surface area contributed by atoms with E-state index in [1.165, 1.54) is 5.56 Å². The molecule has 2 aromatic rings. The van der Waals surface area contributed by atoms with Gasteiger partial charge in [-0.1, -0.05) is 23.7 Å². The van der Waals surface area contributed by atoms with Gasteiger partial charge >= 0.3 is 0 Å². The van der Waals surface area contributed by atoms with E-state index in [2.05, 4.69) is 38.8 Å². The molecule has 0 amide bonds. The van der Waals surface area contributed by atoms with Crippen LogP contribution in [0.3, 0.4) is 0 Å². The lowest BCUT2D eigenvalue weighted by molar-refractivity contribution is 0.198. The Hall–Kier alpha value is -2.05. The van der Waals surface area contributed by atoms with Gasteiger partial charge in [-0.15, -0.1) is 0 Å². The minimum absolute atomic E-state index is 0.213. The first-order chi connectivity index (χ1) is 11.6. The van der Waals surface area contributed by atoms with Gasteiger partial charge in [0.15, 0.2) is 0 Å². The molecular formula is C17H22ClN5O. The quantitative estimate of drug-likeness (QED) is 0.857. The Morgan fingerprint density at radius 3 is 2.58 bits per heavy atom. The summed E-state index contributed by atoms with van der Waals surface area (Å²) in [5.74, 6) is 1.90. The highest BCUT2D eigenvalue weighted by molar-refractivity contribution is 6.29. The fourth-order valence-corrected chi connectivity index (χ4v) is 3.22. The average Bonchev–Trinajstić information content (AvgIpc) is 2.60.